The molecule has 25 heavy (non-hydrogen) atoms. The monoisotopic (exact) mass is 382 g/mol. The predicted octanol–water partition coefficient (Wildman–Crippen LogP) is 3.27. The molecule has 1 saturated heterocycles. The lowest BCUT2D eigenvalue weighted by Gasteiger charge is -2.23. The van der Waals surface area contributed by atoms with E-state index in [2.05, 4.69) is 5.32 Å². The Balaban J connectivity index is 1.80. The third-order valence-corrected chi connectivity index (χ3v) is 6.21. The van der Waals surface area contributed by atoms with Crippen molar-refractivity contribution >= 4 is 33.2 Å². The largest absolute Gasteiger partial charge is 0.325 e. The summed E-state index contributed by atoms with van der Waals surface area (Å²) < 4.78 is 39.8. The summed E-state index contributed by atoms with van der Waals surface area (Å²) in [6, 6.07) is 10.4. The molecule has 1 fully saturated rings. The fourth-order valence-electron chi connectivity index (χ4n) is 2.79. The van der Waals surface area contributed by atoms with Gasteiger partial charge >= 0.3 is 0 Å². The number of rotatable bonds is 4. The van der Waals surface area contributed by atoms with Gasteiger partial charge in [0.25, 0.3) is 0 Å². The van der Waals surface area contributed by atoms with Crippen LogP contribution in [0.4, 0.5) is 10.1 Å². The second kappa shape index (κ2) is 7.11. The molecule has 0 aliphatic carbocycles. The van der Waals surface area contributed by atoms with Crippen molar-refractivity contribution in [3.63, 3.8) is 0 Å². The first-order chi connectivity index (χ1) is 11.9. The van der Waals surface area contributed by atoms with Gasteiger partial charge in [0.15, 0.2) is 0 Å². The highest BCUT2D eigenvalue weighted by Gasteiger charge is 2.39. The van der Waals surface area contributed by atoms with Crippen molar-refractivity contribution < 1.29 is 17.6 Å². The van der Waals surface area contributed by atoms with Crippen LogP contribution in [-0.4, -0.2) is 31.2 Å². The first-order valence-corrected chi connectivity index (χ1v) is 9.53. The van der Waals surface area contributed by atoms with E-state index in [4.69, 9.17) is 11.6 Å². The molecule has 0 aromatic heterocycles. The number of halogens is 2. The molecule has 1 N–H and O–H groups in total. The Morgan fingerprint density at radius 1 is 1.12 bits per heavy atom. The molecule has 2 aromatic carbocycles. The second-order valence-electron chi connectivity index (χ2n) is 5.72. The van der Waals surface area contributed by atoms with Crippen LogP contribution >= 0.6 is 11.6 Å². The number of nitrogens with zero attached hydrogens (tertiary/aromatic N) is 1. The molecule has 0 saturated carbocycles. The number of benzene rings is 2. The fourth-order valence-corrected chi connectivity index (χ4v) is 4.57. The summed E-state index contributed by atoms with van der Waals surface area (Å²) in [4.78, 5) is 12.6. The first kappa shape index (κ1) is 17.8. The summed E-state index contributed by atoms with van der Waals surface area (Å²) in [5, 5.41) is 3.08. The number of hydrogen-bond acceptors (Lipinski definition) is 3. The summed E-state index contributed by atoms with van der Waals surface area (Å²) >= 11 is 5.80. The molecule has 2 aromatic rings. The lowest BCUT2D eigenvalue weighted by atomic mass is 10.2. The molecular formula is C17H16ClFN2O3S. The Labute approximate surface area is 150 Å². The lowest BCUT2D eigenvalue weighted by molar-refractivity contribution is -0.119. The smallest absolute Gasteiger partial charge is 0.243 e. The van der Waals surface area contributed by atoms with E-state index >= 15 is 0 Å². The number of anilines is 1. The molecule has 1 atom stereocenters. The zero-order valence-electron chi connectivity index (χ0n) is 13.2. The Morgan fingerprint density at radius 3 is 2.40 bits per heavy atom. The molecule has 1 aliphatic rings. The van der Waals surface area contributed by atoms with Crippen molar-refractivity contribution in [2.24, 2.45) is 0 Å². The van der Waals surface area contributed by atoms with Crippen molar-refractivity contribution in [1.29, 1.82) is 0 Å². The summed E-state index contributed by atoms with van der Waals surface area (Å²) in [6.45, 7) is 0.270. The number of nitrogens with one attached hydrogen (secondary N) is 1. The molecule has 1 amide bonds. The van der Waals surface area contributed by atoms with Crippen LogP contribution in [0.3, 0.4) is 0 Å². The lowest BCUT2D eigenvalue weighted by Crippen LogP contribution is -2.43. The van der Waals surface area contributed by atoms with Gasteiger partial charge in [-0.1, -0.05) is 11.6 Å². The molecule has 1 heterocycles. The van der Waals surface area contributed by atoms with E-state index in [1.807, 2.05) is 0 Å². The fraction of sp³-hybridized carbons (Fsp3) is 0.235. The Kier molecular flexibility index (Phi) is 5.08. The molecule has 8 heteroatoms. The highest BCUT2D eigenvalue weighted by Crippen LogP contribution is 2.27. The number of carbonyl (C=O) groups excluding carboxylic acids is 1. The van der Waals surface area contributed by atoms with Crippen LogP contribution in [-0.2, 0) is 14.8 Å². The third kappa shape index (κ3) is 3.84. The number of hydrogen-bond donors (Lipinski definition) is 1. The Morgan fingerprint density at radius 2 is 1.76 bits per heavy atom. The van der Waals surface area contributed by atoms with Crippen LogP contribution in [0, 0.1) is 5.82 Å². The maximum Gasteiger partial charge on any atom is 0.243 e. The zero-order chi connectivity index (χ0) is 18.0. The van der Waals surface area contributed by atoms with E-state index in [1.54, 1.807) is 0 Å². The molecule has 0 spiro atoms. The standard InChI is InChI=1S/C17H16ClFN2O3S/c18-12-3-9-15(10-4-12)25(23,24)21-11-1-2-16(21)17(22)20-14-7-5-13(19)6-8-14/h3-10,16H,1-2,11H2,(H,20,22)/t16-/m0/s1. The highest BCUT2D eigenvalue weighted by molar-refractivity contribution is 7.89. The van der Waals surface area contributed by atoms with Crippen LogP contribution in [0.2, 0.25) is 5.02 Å². The Bertz CT molecular complexity index is 870. The summed E-state index contributed by atoms with van der Waals surface area (Å²) in [6.07, 6.45) is 1.02. The van der Waals surface area contributed by atoms with E-state index in [0.29, 0.717) is 23.6 Å². The van der Waals surface area contributed by atoms with Crippen LogP contribution in [0.15, 0.2) is 53.4 Å². The van der Waals surface area contributed by atoms with E-state index in [0.717, 1.165) is 0 Å². The van der Waals surface area contributed by atoms with Gasteiger partial charge in [0, 0.05) is 17.3 Å². The SMILES string of the molecule is O=C(Nc1ccc(F)cc1)[C@@H]1CCCN1S(=O)(=O)c1ccc(Cl)cc1. The van der Waals surface area contributed by atoms with Gasteiger partial charge in [0.05, 0.1) is 4.90 Å². The van der Waals surface area contributed by atoms with Gasteiger partial charge in [-0.3, -0.25) is 4.79 Å². The van der Waals surface area contributed by atoms with Crippen LogP contribution in [0.5, 0.6) is 0 Å². The quantitative estimate of drug-likeness (QED) is 0.882. The minimum absolute atomic E-state index is 0.0957. The average Bonchev–Trinajstić information content (AvgIpc) is 3.08. The second-order valence-corrected chi connectivity index (χ2v) is 8.05. The molecule has 5 nitrogen and oxygen atoms in total. The topological polar surface area (TPSA) is 66.5 Å². The van der Waals surface area contributed by atoms with E-state index in [9.17, 15) is 17.6 Å². The van der Waals surface area contributed by atoms with Gasteiger partial charge in [-0.15, -0.1) is 0 Å². The number of carbonyl (C=O) groups is 1. The Hall–Kier alpha value is -1.96. The number of sulfonamides is 1. The van der Waals surface area contributed by atoms with Crippen molar-refractivity contribution in [3.05, 3.63) is 59.4 Å². The van der Waals surface area contributed by atoms with Gasteiger partial charge in [-0.2, -0.15) is 4.31 Å². The van der Waals surface area contributed by atoms with Gasteiger partial charge in [0.1, 0.15) is 11.9 Å². The van der Waals surface area contributed by atoms with Crippen LogP contribution in [0.1, 0.15) is 12.8 Å². The van der Waals surface area contributed by atoms with Crippen molar-refractivity contribution in [2.75, 3.05) is 11.9 Å². The molecular weight excluding hydrogens is 367 g/mol. The molecule has 132 valence electrons. The molecule has 0 unspecified atom stereocenters. The minimum atomic E-state index is -3.79. The van der Waals surface area contributed by atoms with Crippen molar-refractivity contribution in [1.82, 2.24) is 4.31 Å². The molecule has 0 bridgehead atoms. The van der Waals surface area contributed by atoms with Crippen LogP contribution in [0.25, 0.3) is 0 Å². The van der Waals surface area contributed by atoms with Crippen molar-refractivity contribution in [2.45, 2.75) is 23.8 Å². The van der Waals surface area contributed by atoms with Gasteiger partial charge in [-0.05, 0) is 61.4 Å². The van der Waals surface area contributed by atoms with E-state index in [1.165, 1.54) is 52.8 Å². The zero-order valence-corrected chi connectivity index (χ0v) is 14.7. The summed E-state index contributed by atoms with van der Waals surface area (Å²) in [7, 11) is -3.79. The van der Waals surface area contributed by atoms with Crippen LogP contribution < -0.4 is 5.32 Å². The van der Waals surface area contributed by atoms with Crippen molar-refractivity contribution in [3.8, 4) is 0 Å². The maximum absolute atomic E-state index is 12.9. The van der Waals surface area contributed by atoms with E-state index in [-0.39, 0.29) is 11.4 Å². The molecule has 1 aliphatic heterocycles. The maximum atomic E-state index is 12.9. The average molecular weight is 383 g/mol. The normalized spacial score (nSPS) is 18.2. The van der Waals surface area contributed by atoms with Gasteiger partial charge in [0.2, 0.25) is 15.9 Å². The predicted molar refractivity (Wildman–Crippen MR) is 93.4 cm³/mol. The van der Waals surface area contributed by atoms with Gasteiger partial charge in [-0.25, -0.2) is 12.8 Å². The third-order valence-electron chi connectivity index (χ3n) is 4.04. The molecule has 0 radical (unpaired) electrons. The van der Waals surface area contributed by atoms with E-state index < -0.39 is 27.8 Å². The summed E-state index contributed by atoms with van der Waals surface area (Å²) in [5.41, 5.74) is 0.419. The molecule has 3 rings (SSSR count). The van der Waals surface area contributed by atoms with Gasteiger partial charge < -0.3 is 5.32 Å². The number of amides is 1. The first-order valence-electron chi connectivity index (χ1n) is 7.72. The minimum Gasteiger partial charge on any atom is -0.325 e. The summed E-state index contributed by atoms with van der Waals surface area (Å²) in [5.74, 6) is -0.840. The highest BCUT2D eigenvalue weighted by atomic mass is 35.5.